The van der Waals surface area contributed by atoms with Crippen molar-refractivity contribution < 1.29 is 4.74 Å². The van der Waals surface area contributed by atoms with E-state index in [0.717, 1.165) is 19.5 Å². The van der Waals surface area contributed by atoms with Crippen molar-refractivity contribution in [3.05, 3.63) is 12.5 Å². The van der Waals surface area contributed by atoms with Gasteiger partial charge in [-0.05, 0) is 13.0 Å². The Balaban J connectivity index is 2.04. The molecular formula is C8H12N4O. The van der Waals surface area contributed by atoms with E-state index in [0.29, 0.717) is 11.6 Å². The van der Waals surface area contributed by atoms with E-state index in [9.17, 15) is 0 Å². The number of nitrogens with zero attached hydrogens (tertiary/aromatic N) is 2. The Hall–Kier alpha value is -1.36. The van der Waals surface area contributed by atoms with Crippen LogP contribution in [0.4, 0.5) is 5.69 Å². The second kappa shape index (κ2) is 3.57. The average Bonchev–Trinajstić information content (AvgIpc) is 2.61. The van der Waals surface area contributed by atoms with E-state index in [1.165, 1.54) is 6.33 Å². The summed E-state index contributed by atoms with van der Waals surface area (Å²) >= 11 is 0. The van der Waals surface area contributed by atoms with Gasteiger partial charge in [-0.1, -0.05) is 0 Å². The molecule has 1 saturated heterocycles. The molecule has 0 aromatic carbocycles. The van der Waals surface area contributed by atoms with E-state index in [2.05, 4.69) is 15.3 Å². The third-order valence-electron chi connectivity index (χ3n) is 2.00. The number of anilines is 1. The lowest BCUT2D eigenvalue weighted by atomic mass is 10.3. The van der Waals surface area contributed by atoms with E-state index < -0.39 is 0 Å². The molecule has 1 fully saturated rings. The Bertz CT molecular complexity index is 285. The lowest BCUT2D eigenvalue weighted by Gasteiger charge is -2.11. The van der Waals surface area contributed by atoms with Gasteiger partial charge in [-0.25, -0.2) is 4.98 Å². The number of hydrogen-bond donors (Lipinski definition) is 2. The first-order chi connectivity index (χ1) is 6.36. The zero-order valence-electron chi connectivity index (χ0n) is 7.23. The molecular weight excluding hydrogens is 168 g/mol. The molecule has 0 saturated carbocycles. The lowest BCUT2D eigenvalue weighted by Crippen LogP contribution is -2.20. The molecule has 2 heterocycles. The average molecular weight is 180 g/mol. The molecule has 1 unspecified atom stereocenters. The summed E-state index contributed by atoms with van der Waals surface area (Å²) in [7, 11) is 0. The minimum Gasteiger partial charge on any atom is -0.471 e. The second-order valence-corrected chi connectivity index (χ2v) is 3.02. The summed E-state index contributed by atoms with van der Waals surface area (Å²) in [6.07, 6.45) is 4.18. The lowest BCUT2D eigenvalue weighted by molar-refractivity contribution is 0.215. The molecule has 0 spiro atoms. The fourth-order valence-electron chi connectivity index (χ4n) is 1.31. The van der Waals surface area contributed by atoms with E-state index in [4.69, 9.17) is 10.5 Å². The van der Waals surface area contributed by atoms with Crippen molar-refractivity contribution in [2.45, 2.75) is 12.5 Å². The monoisotopic (exact) mass is 180 g/mol. The molecule has 0 bridgehead atoms. The fourth-order valence-corrected chi connectivity index (χ4v) is 1.31. The summed E-state index contributed by atoms with van der Waals surface area (Å²) in [5.41, 5.74) is 6.12. The van der Waals surface area contributed by atoms with Crippen LogP contribution >= 0.6 is 0 Å². The maximum absolute atomic E-state index is 5.63. The first-order valence-corrected chi connectivity index (χ1v) is 4.29. The summed E-state index contributed by atoms with van der Waals surface area (Å²) in [6, 6.07) is 0. The SMILES string of the molecule is Nc1cncnc1OC1CCNC1. The van der Waals surface area contributed by atoms with Crippen molar-refractivity contribution in [1.82, 2.24) is 15.3 Å². The van der Waals surface area contributed by atoms with Crippen molar-refractivity contribution in [3.8, 4) is 5.88 Å². The molecule has 0 aliphatic carbocycles. The van der Waals surface area contributed by atoms with Gasteiger partial charge in [0.2, 0.25) is 5.88 Å². The number of nitrogens with one attached hydrogen (secondary N) is 1. The second-order valence-electron chi connectivity index (χ2n) is 3.02. The van der Waals surface area contributed by atoms with Gasteiger partial charge < -0.3 is 15.8 Å². The number of hydrogen-bond acceptors (Lipinski definition) is 5. The maximum Gasteiger partial charge on any atom is 0.240 e. The predicted molar refractivity (Wildman–Crippen MR) is 48.3 cm³/mol. The Morgan fingerprint density at radius 3 is 3.23 bits per heavy atom. The zero-order chi connectivity index (χ0) is 9.10. The quantitative estimate of drug-likeness (QED) is 0.659. The van der Waals surface area contributed by atoms with E-state index in [1.54, 1.807) is 6.20 Å². The molecule has 0 amide bonds. The van der Waals surface area contributed by atoms with Crippen LogP contribution in [0.5, 0.6) is 5.88 Å². The number of aromatic nitrogens is 2. The van der Waals surface area contributed by atoms with Crippen LogP contribution in [0.25, 0.3) is 0 Å². The van der Waals surface area contributed by atoms with Crippen LogP contribution in [0.15, 0.2) is 12.5 Å². The minimum absolute atomic E-state index is 0.192. The van der Waals surface area contributed by atoms with Crippen molar-refractivity contribution >= 4 is 5.69 Å². The molecule has 2 rings (SSSR count). The smallest absolute Gasteiger partial charge is 0.240 e. The van der Waals surface area contributed by atoms with Crippen molar-refractivity contribution in [2.24, 2.45) is 0 Å². The van der Waals surface area contributed by atoms with Gasteiger partial charge in [-0.15, -0.1) is 0 Å². The van der Waals surface area contributed by atoms with Gasteiger partial charge in [-0.2, -0.15) is 4.98 Å². The molecule has 3 N–H and O–H groups in total. The van der Waals surface area contributed by atoms with Gasteiger partial charge in [0, 0.05) is 6.54 Å². The molecule has 5 heteroatoms. The maximum atomic E-state index is 5.63. The van der Waals surface area contributed by atoms with Gasteiger partial charge in [0.1, 0.15) is 18.1 Å². The van der Waals surface area contributed by atoms with E-state index in [-0.39, 0.29) is 6.10 Å². The molecule has 1 aromatic rings. The molecule has 1 aliphatic rings. The Kier molecular flexibility index (Phi) is 2.27. The highest BCUT2D eigenvalue weighted by Crippen LogP contribution is 2.17. The molecule has 1 aromatic heterocycles. The highest BCUT2D eigenvalue weighted by atomic mass is 16.5. The van der Waals surface area contributed by atoms with Gasteiger partial charge in [0.05, 0.1) is 6.20 Å². The fraction of sp³-hybridized carbons (Fsp3) is 0.500. The van der Waals surface area contributed by atoms with Gasteiger partial charge in [0.15, 0.2) is 0 Å². The normalized spacial score (nSPS) is 21.7. The topological polar surface area (TPSA) is 73.1 Å². The zero-order valence-corrected chi connectivity index (χ0v) is 7.23. The third-order valence-corrected chi connectivity index (χ3v) is 2.00. The van der Waals surface area contributed by atoms with Crippen molar-refractivity contribution in [3.63, 3.8) is 0 Å². The van der Waals surface area contributed by atoms with E-state index in [1.807, 2.05) is 0 Å². The number of rotatable bonds is 2. The molecule has 5 nitrogen and oxygen atoms in total. The third kappa shape index (κ3) is 1.86. The van der Waals surface area contributed by atoms with Crippen LogP contribution in [-0.4, -0.2) is 29.2 Å². The summed E-state index contributed by atoms with van der Waals surface area (Å²) < 4.78 is 5.57. The Morgan fingerprint density at radius 2 is 2.54 bits per heavy atom. The van der Waals surface area contributed by atoms with Crippen LogP contribution in [-0.2, 0) is 0 Å². The van der Waals surface area contributed by atoms with Crippen molar-refractivity contribution in [1.29, 1.82) is 0 Å². The predicted octanol–water partition coefficient (Wildman–Crippen LogP) is -0.200. The number of nitrogen functional groups attached to an aromatic ring is 1. The molecule has 1 aliphatic heterocycles. The van der Waals surface area contributed by atoms with Crippen molar-refractivity contribution in [2.75, 3.05) is 18.8 Å². The number of ether oxygens (including phenoxy) is 1. The van der Waals surface area contributed by atoms with Crippen LogP contribution < -0.4 is 15.8 Å². The van der Waals surface area contributed by atoms with E-state index >= 15 is 0 Å². The molecule has 1 atom stereocenters. The summed E-state index contributed by atoms with van der Waals surface area (Å²) in [6.45, 7) is 1.86. The highest BCUT2D eigenvalue weighted by Gasteiger charge is 2.17. The summed E-state index contributed by atoms with van der Waals surface area (Å²) in [5, 5.41) is 3.20. The molecule has 70 valence electrons. The van der Waals surface area contributed by atoms with Gasteiger partial charge in [0.25, 0.3) is 0 Å². The minimum atomic E-state index is 0.192. The first-order valence-electron chi connectivity index (χ1n) is 4.29. The van der Waals surface area contributed by atoms with Crippen LogP contribution in [0.2, 0.25) is 0 Å². The first kappa shape index (κ1) is 8.25. The summed E-state index contributed by atoms with van der Waals surface area (Å²) in [4.78, 5) is 7.74. The van der Waals surface area contributed by atoms with Gasteiger partial charge in [-0.3, -0.25) is 0 Å². The Labute approximate surface area is 76.3 Å². The Morgan fingerprint density at radius 1 is 1.62 bits per heavy atom. The standard InChI is InChI=1S/C8H12N4O/c9-7-4-11-5-12-8(7)13-6-1-2-10-3-6/h4-6,10H,1-3,9H2. The largest absolute Gasteiger partial charge is 0.471 e. The van der Waals surface area contributed by atoms with Gasteiger partial charge >= 0.3 is 0 Å². The van der Waals surface area contributed by atoms with Crippen LogP contribution in [0.1, 0.15) is 6.42 Å². The summed E-state index contributed by atoms with van der Waals surface area (Å²) in [5.74, 6) is 0.490. The van der Waals surface area contributed by atoms with Crippen LogP contribution in [0.3, 0.4) is 0 Å². The molecule has 13 heavy (non-hydrogen) atoms. The highest BCUT2D eigenvalue weighted by molar-refractivity contribution is 5.44. The molecule has 0 radical (unpaired) electrons. The van der Waals surface area contributed by atoms with Crippen LogP contribution in [0, 0.1) is 0 Å². The number of nitrogens with two attached hydrogens (primary N) is 1.